The predicted octanol–water partition coefficient (Wildman–Crippen LogP) is 3.64. The van der Waals surface area contributed by atoms with E-state index in [4.69, 9.17) is 21.1 Å². The fourth-order valence-corrected chi connectivity index (χ4v) is 2.14. The van der Waals surface area contributed by atoms with Crippen molar-refractivity contribution in [1.82, 2.24) is 0 Å². The summed E-state index contributed by atoms with van der Waals surface area (Å²) in [6.07, 6.45) is 0. The van der Waals surface area contributed by atoms with Gasteiger partial charge in [0, 0.05) is 5.02 Å². The van der Waals surface area contributed by atoms with Gasteiger partial charge < -0.3 is 9.47 Å². The normalized spacial score (nSPS) is 11.1. The number of Topliss-reactive ketones (excluding diaryl/α,β-unsaturated/α-hetero) is 1. The molecule has 20 heavy (non-hydrogen) atoms. The number of hydrogen-bond donors (Lipinski definition) is 0. The zero-order valence-corrected chi connectivity index (χ0v) is 13.9. The van der Waals surface area contributed by atoms with Crippen molar-refractivity contribution in [3.8, 4) is 5.75 Å². The number of ketones is 1. The molecule has 0 saturated carbocycles. The number of esters is 1. The quantitative estimate of drug-likeness (QED) is 0.572. The number of carbonyl (C=O) groups is 2. The first kappa shape index (κ1) is 17.0. The second-order valence-corrected chi connectivity index (χ2v) is 5.92. The Hall–Kier alpha value is -1.07. The van der Waals surface area contributed by atoms with Crippen LogP contribution in [-0.4, -0.2) is 25.0 Å². The zero-order valence-electron chi connectivity index (χ0n) is 11.5. The third-order valence-corrected chi connectivity index (χ3v) is 3.59. The van der Waals surface area contributed by atoms with Gasteiger partial charge in [0.05, 0.1) is 11.1 Å². The van der Waals surface area contributed by atoms with Gasteiger partial charge in [0.25, 0.3) is 0 Å². The molecule has 0 fully saturated rings. The molecule has 0 aliphatic carbocycles. The van der Waals surface area contributed by atoms with Crippen LogP contribution in [0.25, 0.3) is 0 Å². The van der Waals surface area contributed by atoms with Gasteiger partial charge in [-0.15, -0.1) is 0 Å². The fourth-order valence-electron chi connectivity index (χ4n) is 1.34. The van der Waals surface area contributed by atoms with Gasteiger partial charge in [-0.3, -0.25) is 9.59 Å². The maximum absolute atomic E-state index is 12.1. The summed E-state index contributed by atoms with van der Waals surface area (Å²) in [7, 11) is 0. The Morgan fingerprint density at radius 3 is 2.55 bits per heavy atom. The van der Waals surface area contributed by atoms with E-state index < -0.39 is 11.4 Å². The van der Waals surface area contributed by atoms with Crippen LogP contribution in [0.5, 0.6) is 5.75 Å². The smallest absolute Gasteiger partial charge is 0.319 e. The van der Waals surface area contributed by atoms with Gasteiger partial charge in [-0.05, 0) is 54.9 Å². The van der Waals surface area contributed by atoms with E-state index >= 15 is 0 Å². The molecule has 0 saturated heterocycles. The summed E-state index contributed by atoms with van der Waals surface area (Å²) in [4.78, 5) is 23.8. The molecular weight excluding hydrogens is 348 g/mol. The molecule has 0 heterocycles. The molecule has 0 aliphatic heterocycles. The first-order chi connectivity index (χ1) is 9.28. The van der Waals surface area contributed by atoms with E-state index in [1.807, 2.05) is 0 Å². The topological polar surface area (TPSA) is 52.6 Å². The van der Waals surface area contributed by atoms with Crippen LogP contribution in [0.2, 0.25) is 5.02 Å². The number of benzene rings is 1. The number of ether oxygens (including phenoxy) is 2. The second kappa shape index (κ2) is 7.09. The highest BCUT2D eigenvalue weighted by molar-refractivity contribution is 9.10. The molecule has 110 valence electrons. The summed E-state index contributed by atoms with van der Waals surface area (Å²) < 4.78 is 10.9. The highest BCUT2D eigenvalue weighted by Crippen LogP contribution is 2.28. The molecule has 0 unspecified atom stereocenters. The summed E-state index contributed by atoms with van der Waals surface area (Å²) in [5, 5.41) is 0.558. The van der Waals surface area contributed by atoms with E-state index in [1.54, 1.807) is 25.1 Å². The molecule has 0 bridgehead atoms. The molecule has 0 amide bonds. The minimum Gasteiger partial charge on any atom is -0.485 e. The summed E-state index contributed by atoms with van der Waals surface area (Å²) in [5.74, 6) is -0.413. The van der Waals surface area contributed by atoms with Gasteiger partial charge in [-0.2, -0.15) is 0 Å². The lowest BCUT2D eigenvalue weighted by atomic mass is 9.88. The summed E-state index contributed by atoms with van der Waals surface area (Å²) in [6.45, 7) is 4.76. The van der Waals surface area contributed by atoms with Crippen molar-refractivity contribution in [2.24, 2.45) is 5.41 Å². The molecule has 1 rings (SSSR count). The molecule has 0 N–H and O–H groups in total. The van der Waals surface area contributed by atoms with Crippen molar-refractivity contribution in [3.05, 3.63) is 27.7 Å². The molecule has 0 radical (unpaired) electrons. The Morgan fingerprint density at radius 2 is 2.00 bits per heavy atom. The summed E-state index contributed by atoms with van der Waals surface area (Å²) >= 11 is 9.10. The monoisotopic (exact) mass is 362 g/mol. The number of hydrogen-bond acceptors (Lipinski definition) is 4. The third kappa shape index (κ3) is 4.21. The maximum atomic E-state index is 12.1. The van der Waals surface area contributed by atoms with Crippen LogP contribution in [-0.2, 0) is 14.3 Å². The van der Waals surface area contributed by atoms with E-state index in [1.165, 1.54) is 13.8 Å². The average Bonchev–Trinajstić information content (AvgIpc) is 2.37. The molecule has 0 spiro atoms. The Bertz CT molecular complexity index is 514. The Balaban J connectivity index is 2.69. The minimum absolute atomic E-state index is 0.216. The van der Waals surface area contributed by atoms with Gasteiger partial charge in [0.1, 0.15) is 17.8 Å². The lowest BCUT2D eigenvalue weighted by Gasteiger charge is -2.21. The van der Waals surface area contributed by atoms with E-state index in [9.17, 15) is 9.59 Å². The lowest BCUT2D eigenvalue weighted by Crippen LogP contribution is -2.38. The van der Waals surface area contributed by atoms with Crippen molar-refractivity contribution in [1.29, 1.82) is 0 Å². The lowest BCUT2D eigenvalue weighted by molar-refractivity contribution is -0.158. The number of rotatable bonds is 6. The largest absolute Gasteiger partial charge is 0.485 e. The van der Waals surface area contributed by atoms with E-state index in [2.05, 4.69) is 15.9 Å². The van der Waals surface area contributed by atoms with E-state index in [0.29, 0.717) is 15.2 Å². The molecule has 6 heteroatoms. The van der Waals surface area contributed by atoms with Crippen molar-refractivity contribution in [2.75, 3.05) is 13.2 Å². The van der Waals surface area contributed by atoms with Gasteiger partial charge in [-0.1, -0.05) is 11.6 Å². The SMILES string of the molecule is CCOC(=O)C(C)(C)C(=O)COc1ccc(Cl)cc1Br. The van der Waals surface area contributed by atoms with Crippen LogP contribution < -0.4 is 4.74 Å². The highest BCUT2D eigenvalue weighted by Gasteiger charge is 2.37. The van der Waals surface area contributed by atoms with Crippen LogP contribution in [0.3, 0.4) is 0 Å². The molecule has 0 aliphatic rings. The highest BCUT2D eigenvalue weighted by atomic mass is 79.9. The predicted molar refractivity (Wildman–Crippen MR) is 80.1 cm³/mol. The van der Waals surface area contributed by atoms with Crippen LogP contribution in [0.4, 0.5) is 0 Å². The Kier molecular flexibility index (Phi) is 6.02. The molecular formula is C14H16BrClO4. The van der Waals surface area contributed by atoms with Crippen molar-refractivity contribution in [2.45, 2.75) is 20.8 Å². The van der Waals surface area contributed by atoms with Crippen LogP contribution >= 0.6 is 27.5 Å². The fraction of sp³-hybridized carbons (Fsp3) is 0.429. The Morgan fingerprint density at radius 1 is 1.35 bits per heavy atom. The van der Waals surface area contributed by atoms with Crippen LogP contribution in [0.15, 0.2) is 22.7 Å². The van der Waals surface area contributed by atoms with Gasteiger partial charge in [0.15, 0.2) is 5.78 Å². The summed E-state index contributed by atoms with van der Waals surface area (Å²) in [5.41, 5.74) is -1.23. The average molecular weight is 364 g/mol. The minimum atomic E-state index is -1.23. The van der Waals surface area contributed by atoms with Crippen molar-refractivity contribution < 1.29 is 19.1 Å². The van der Waals surface area contributed by atoms with Gasteiger partial charge >= 0.3 is 5.97 Å². The van der Waals surface area contributed by atoms with E-state index in [-0.39, 0.29) is 19.0 Å². The molecule has 4 nitrogen and oxygen atoms in total. The first-order valence-corrected chi connectivity index (χ1v) is 7.24. The zero-order chi connectivity index (χ0) is 15.3. The summed E-state index contributed by atoms with van der Waals surface area (Å²) in [6, 6.07) is 4.97. The van der Waals surface area contributed by atoms with Crippen LogP contribution in [0, 0.1) is 5.41 Å². The van der Waals surface area contributed by atoms with Crippen LogP contribution in [0.1, 0.15) is 20.8 Å². The third-order valence-electron chi connectivity index (χ3n) is 2.74. The number of halogens is 2. The van der Waals surface area contributed by atoms with Gasteiger partial charge in [-0.25, -0.2) is 0 Å². The van der Waals surface area contributed by atoms with Gasteiger partial charge in [0.2, 0.25) is 0 Å². The van der Waals surface area contributed by atoms with Crippen molar-refractivity contribution >= 4 is 39.3 Å². The molecule has 1 aromatic rings. The van der Waals surface area contributed by atoms with E-state index in [0.717, 1.165) is 0 Å². The maximum Gasteiger partial charge on any atom is 0.319 e. The van der Waals surface area contributed by atoms with Crippen molar-refractivity contribution in [3.63, 3.8) is 0 Å². The molecule has 0 atom stereocenters. The number of carbonyl (C=O) groups excluding carboxylic acids is 2. The second-order valence-electron chi connectivity index (χ2n) is 4.63. The molecule has 0 aromatic heterocycles. The standard InChI is InChI=1S/C14H16BrClO4/c1-4-19-13(18)14(2,3)12(17)8-20-11-6-5-9(16)7-10(11)15/h5-7H,4,8H2,1-3H3. The Labute approximate surface area is 131 Å². The molecule has 1 aromatic carbocycles. The first-order valence-electron chi connectivity index (χ1n) is 6.07.